The number of nitrogens with zero attached hydrogens (tertiary/aromatic N) is 2. The van der Waals surface area contributed by atoms with Gasteiger partial charge in [-0.15, -0.1) is 0 Å². The Hall–Kier alpha value is -1.73. The molecular formula is C10H13ClN4O3. The van der Waals surface area contributed by atoms with Crippen LogP contribution in [-0.2, 0) is 0 Å². The molecule has 7 nitrogen and oxygen atoms in total. The summed E-state index contributed by atoms with van der Waals surface area (Å²) in [5.74, 6) is -0.520. The third kappa shape index (κ3) is 3.38. The number of amides is 1. The Morgan fingerprint density at radius 3 is 2.89 bits per heavy atom. The fourth-order valence-electron chi connectivity index (χ4n) is 1.29. The van der Waals surface area contributed by atoms with Gasteiger partial charge in [0.2, 0.25) is 0 Å². The Bertz CT molecular complexity index is 462. The third-order valence-corrected chi connectivity index (χ3v) is 2.69. The van der Waals surface area contributed by atoms with Gasteiger partial charge in [-0.2, -0.15) is 0 Å². The Balaban J connectivity index is 2.97. The first-order chi connectivity index (χ1) is 8.49. The number of rotatable bonds is 5. The smallest absolute Gasteiger partial charge is 0.288 e. The van der Waals surface area contributed by atoms with Crippen molar-refractivity contribution in [2.24, 2.45) is 5.73 Å². The van der Waals surface area contributed by atoms with Gasteiger partial charge in [-0.1, -0.05) is 18.5 Å². The first-order valence-corrected chi connectivity index (χ1v) is 5.68. The molecule has 0 radical (unpaired) electrons. The van der Waals surface area contributed by atoms with Crippen LogP contribution in [0.3, 0.4) is 0 Å². The first kappa shape index (κ1) is 14.3. The summed E-state index contributed by atoms with van der Waals surface area (Å²) in [5.41, 5.74) is 5.14. The minimum atomic E-state index is -0.639. The maximum atomic E-state index is 11.9. The molecule has 1 rings (SSSR count). The number of carbonyl (C=O) groups excluding carboxylic acids is 1. The van der Waals surface area contributed by atoms with Crippen LogP contribution in [0.15, 0.2) is 12.3 Å². The van der Waals surface area contributed by atoms with Crippen molar-refractivity contribution >= 4 is 23.2 Å². The van der Waals surface area contributed by atoms with E-state index in [1.54, 1.807) is 0 Å². The van der Waals surface area contributed by atoms with E-state index in [2.05, 4.69) is 10.3 Å². The molecule has 0 saturated carbocycles. The van der Waals surface area contributed by atoms with E-state index in [0.29, 0.717) is 6.42 Å². The largest absolute Gasteiger partial charge is 0.348 e. The Labute approximate surface area is 108 Å². The molecule has 1 heterocycles. The van der Waals surface area contributed by atoms with Crippen molar-refractivity contribution in [2.45, 2.75) is 19.4 Å². The molecule has 1 aromatic rings. The standard InChI is InChI=1S/C10H13ClN4O3/c1-2-6(4-12)14-10(16)8-3-7(15(17)18)5-13-9(8)11/h3,5-6H,2,4,12H2,1H3,(H,14,16). The molecule has 1 amide bonds. The molecule has 1 unspecified atom stereocenters. The van der Waals surface area contributed by atoms with Crippen LogP contribution in [0.4, 0.5) is 5.69 Å². The van der Waals surface area contributed by atoms with Gasteiger partial charge >= 0.3 is 0 Å². The van der Waals surface area contributed by atoms with Crippen LogP contribution >= 0.6 is 11.6 Å². The second kappa shape index (κ2) is 6.27. The molecule has 0 saturated heterocycles. The summed E-state index contributed by atoms with van der Waals surface area (Å²) in [5, 5.41) is 13.1. The van der Waals surface area contributed by atoms with Gasteiger partial charge in [0.1, 0.15) is 11.3 Å². The summed E-state index contributed by atoms with van der Waals surface area (Å²) in [7, 11) is 0. The summed E-state index contributed by atoms with van der Waals surface area (Å²) in [6.07, 6.45) is 1.65. The number of nitro groups is 1. The fourth-order valence-corrected chi connectivity index (χ4v) is 1.48. The molecule has 0 aliphatic carbocycles. The van der Waals surface area contributed by atoms with Crippen molar-refractivity contribution < 1.29 is 9.72 Å². The highest BCUT2D eigenvalue weighted by atomic mass is 35.5. The number of hydrogen-bond donors (Lipinski definition) is 2. The van der Waals surface area contributed by atoms with Crippen LogP contribution in [0.1, 0.15) is 23.7 Å². The summed E-state index contributed by atoms with van der Waals surface area (Å²) in [4.78, 5) is 25.4. The van der Waals surface area contributed by atoms with Crippen molar-refractivity contribution in [3.63, 3.8) is 0 Å². The molecule has 0 aliphatic heterocycles. The molecule has 0 fully saturated rings. The van der Waals surface area contributed by atoms with Gasteiger partial charge in [0.25, 0.3) is 11.6 Å². The molecule has 1 aromatic heterocycles. The van der Waals surface area contributed by atoms with Gasteiger partial charge < -0.3 is 11.1 Å². The van der Waals surface area contributed by atoms with Crippen molar-refractivity contribution in [1.82, 2.24) is 10.3 Å². The lowest BCUT2D eigenvalue weighted by Gasteiger charge is -2.14. The minimum absolute atomic E-state index is 0.0298. The van der Waals surface area contributed by atoms with Crippen LogP contribution in [0.2, 0.25) is 5.15 Å². The fraction of sp³-hybridized carbons (Fsp3) is 0.400. The molecule has 0 aromatic carbocycles. The van der Waals surface area contributed by atoms with E-state index in [9.17, 15) is 14.9 Å². The van der Waals surface area contributed by atoms with Gasteiger partial charge in [-0.25, -0.2) is 4.98 Å². The lowest BCUT2D eigenvalue weighted by Crippen LogP contribution is -2.39. The topological polar surface area (TPSA) is 111 Å². The van der Waals surface area contributed by atoms with Crippen molar-refractivity contribution in [3.8, 4) is 0 Å². The van der Waals surface area contributed by atoms with Gasteiger partial charge in [0.05, 0.1) is 10.5 Å². The number of halogens is 1. The van der Waals surface area contributed by atoms with Crippen molar-refractivity contribution in [1.29, 1.82) is 0 Å². The van der Waals surface area contributed by atoms with E-state index in [0.717, 1.165) is 12.3 Å². The molecule has 98 valence electrons. The Morgan fingerprint density at radius 2 is 2.39 bits per heavy atom. The van der Waals surface area contributed by atoms with Gasteiger partial charge in [-0.3, -0.25) is 14.9 Å². The zero-order valence-corrected chi connectivity index (χ0v) is 10.5. The van der Waals surface area contributed by atoms with Crippen LogP contribution in [0, 0.1) is 10.1 Å². The van der Waals surface area contributed by atoms with Crippen molar-refractivity contribution in [3.05, 3.63) is 33.1 Å². The summed E-state index contributed by atoms with van der Waals surface area (Å²) < 4.78 is 0. The quantitative estimate of drug-likeness (QED) is 0.474. The molecule has 1 atom stereocenters. The zero-order chi connectivity index (χ0) is 13.7. The number of nitrogens with two attached hydrogens (primary N) is 1. The first-order valence-electron chi connectivity index (χ1n) is 5.30. The average molecular weight is 273 g/mol. The number of carbonyl (C=O) groups is 1. The number of pyridine rings is 1. The van der Waals surface area contributed by atoms with Gasteiger partial charge in [0.15, 0.2) is 0 Å². The SMILES string of the molecule is CCC(CN)NC(=O)c1cc([N+](=O)[O-])cnc1Cl. The Morgan fingerprint density at radius 1 is 1.72 bits per heavy atom. The maximum Gasteiger partial charge on any atom is 0.288 e. The van der Waals surface area contributed by atoms with Gasteiger partial charge in [0, 0.05) is 18.7 Å². The van der Waals surface area contributed by atoms with E-state index < -0.39 is 10.8 Å². The number of hydrogen-bond acceptors (Lipinski definition) is 5. The predicted molar refractivity (Wildman–Crippen MR) is 66.5 cm³/mol. The molecule has 0 spiro atoms. The van der Waals surface area contributed by atoms with E-state index in [1.807, 2.05) is 6.92 Å². The van der Waals surface area contributed by atoms with E-state index in [1.165, 1.54) is 0 Å². The van der Waals surface area contributed by atoms with Gasteiger partial charge in [-0.05, 0) is 6.42 Å². The highest BCUT2D eigenvalue weighted by Crippen LogP contribution is 2.19. The Kier molecular flexibility index (Phi) is 4.99. The lowest BCUT2D eigenvalue weighted by molar-refractivity contribution is -0.385. The molecule has 18 heavy (non-hydrogen) atoms. The van der Waals surface area contributed by atoms with E-state index in [4.69, 9.17) is 17.3 Å². The predicted octanol–water partition coefficient (Wildman–Crippen LogP) is 1.11. The second-order valence-electron chi connectivity index (χ2n) is 3.60. The normalized spacial score (nSPS) is 11.9. The zero-order valence-electron chi connectivity index (χ0n) is 9.72. The summed E-state index contributed by atoms with van der Waals surface area (Å²) >= 11 is 5.74. The minimum Gasteiger partial charge on any atom is -0.348 e. The number of aromatic nitrogens is 1. The third-order valence-electron chi connectivity index (χ3n) is 2.39. The summed E-state index contributed by atoms with van der Waals surface area (Å²) in [6, 6.07) is 0.890. The second-order valence-corrected chi connectivity index (χ2v) is 3.96. The van der Waals surface area contributed by atoms with Crippen LogP contribution in [0.5, 0.6) is 0 Å². The molecule has 3 N–H and O–H groups in total. The van der Waals surface area contributed by atoms with Crippen LogP contribution < -0.4 is 11.1 Å². The van der Waals surface area contributed by atoms with Crippen molar-refractivity contribution in [2.75, 3.05) is 6.54 Å². The van der Waals surface area contributed by atoms with Crippen LogP contribution in [-0.4, -0.2) is 28.4 Å². The highest BCUT2D eigenvalue weighted by Gasteiger charge is 2.18. The molecular weight excluding hydrogens is 260 g/mol. The van der Waals surface area contributed by atoms with Crippen LogP contribution in [0.25, 0.3) is 0 Å². The van der Waals surface area contributed by atoms with E-state index in [-0.39, 0.29) is 29.0 Å². The van der Waals surface area contributed by atoms with E-state index >= 15 is 0 Å². The average Bonchev–Trinajstić information content (AvgIpc) is 2.35. The lowest BCUT2D eigenvalue weighted by atomic mass is 10.2. The summed E-state index contributed by atoms with van der Waals surface area (Å²) in [6.45, 7) is 2.15. The molecule has 8 heteroatoms. The monoisotopic (exact) mass is 272 g/mol. The highest BCUT2D eigenvalue weighted by molar-refractivity contribution is 6.32. The molecule has 0 aliphatic rings. The maximum absolute atomic E-state index is 11.9. The number of nitrogens with one attached hydrogen (secondary N) is 1. The molecule has 0 bridgehead atoms.